The summed E-state index contributed by atoms with van der Waals surface area (Å²) in [5.74, 6) is 1.92. The number of benzene rings is 1. The van der Waals surface area contributed by atoms with Crippen molar-refractivity contribution in [3.8, 4) is 11.5 Å². The molecule has 1 heterocycles. The molecule has 20 heavy (non-hydrogen) atoms. The van der Waals surface area contributed by atoms with Gasteiger partial charge in [-0.15, -0.1) is 0 Å². The average Bonchev–Trinajstić information content (AvgIpc) is 2.44. The van der Waals surface area contributed by atoms with Gasteiger partial charge in [-0.2, -0.15) is 0 Å². The van der Waals surface area contributed by atoms with Gasteiger partial charge in [-0.05, 0) is 30.5 Å². The summed E-state index contributed by atoms with van der Waals surface area (Å²) in [6.45, 7) is 7.76. The van der Waals surface area contributed by atoms with Gasteiger partial charge in [-0.1, -0.05) is 19.9 Å². The summed E-state index contributed by atoms with van der Waals surface area (Å²) in [4.78, 5) is 11.7. The zero-order valence-corrected chi connectivity index (χ0v) is 12.2. The van der Waals surface area contributed by atoms with Gasteiger partial charge in [0.15, 0.2) is 11.5 Å². The zero-order chi connectivity index (χ0) is 14.5. The predicted molar refractivity (Wildman–Crippen MR) is 77.1 cm³/mol. The van der Waals surface area contributed by atoms with Crippen LogP contribution in [0.25, 0.3) is 0 Å². The first kappa shape index (κ1) is 14.5. The summed E-state index contributed by atoms with van der Waals surface area (Å²) in [5, 5.41) is 5.75. The first-order valence-corrected chi connectivity index (χ1v) is 6.99. The molecule has 0 radical (unpaired) electrons. The standard InChI is InChI=1S/C15H22N2O3/c1-10(2)11(3)17-15(18)16-9-12-4-5-13-14(8-12)20-7-6-19-13/h4-5,8,10-11H,6-7,9H2,1-3H3,(H2,16,17,18). The molecule has 0 saturated heterocycles. The fourth-order valence-corrected chi connectivity index (χ4v) is 1.80. The Hall–Kier alpha value is -1.91. The van der Waals surface area contributed by atoms with Crippen LogP contribution in [0.15, 0.2) is 18.2 Å². The first-order chi connectivity index (χ1) is 9.56. The van der Waals surface area contributed by atoms with Gasteiger partial charge in [0.25, 0.3) is 0 Å². The fourth-order valence-electron chi connectivity index (χ4n) is 1.80. The van der Waals surface area contributed by atoms with Crippen molar-refractivity contribution in [1.82, 2.24) is 10.6 Å². The predicted octanol–water partition coefficient (Wildman–Crippen LogP) is 2.30. The zero-order valence-electron chi connectivity index (χ0n) is 12.2. The van der Waals surface area contributed by atoms with Crippen LogP contribution >= 0.6 is 0 Å². The third-order valence-corrected chi connectivity index (χ3v) is 3.42. The minimum atomic E-state index is -0.152. The minimum absolute atomic E-state index is 0.148. The van der Waals surface area contributed by atoms with Crippen LogP contribution in [0.3, 0.4) is 0 Å². The van der Waals surface area contributed by atoms with Crippen molar-refractivity contribution in [2.24, 2.45) is 5.92 Å². The summed E-state index contributed by atoms with van der Waals surface area (Å²) < 4.78 is 11.0. The molecule has 110 valence electrons. The first-order valence-electron chi connectivity index (χ1n) is 6.99. The molecule has 1 aromatic rings. The summed E-state index contributed by atoms with van der Waals surface area (Å²) in [6.07, 6.45) is 0. The molecule has 0 aromatic heterocycles. The second-order valence-electron chi connectivity index (χ2n) is 5.34. The lowest BCUT2D eigenvalue weighted by molar-refractivity contribution is 0.171. The Morgan fingerprint density at radius 1 is 1.20 bits per heavy atom. The van der Waals surface area contributed by atoms with E-state index in [0.717, 1.165) is 17.1 Å². The Bertz CT molecular complexity index is 474. The molecule has 1 unspecified atom stereocenters. The molecule has 0 spiro atoms. The van der Waals surface area contributed by atoms with Crippen LogP contribution in [0, 0.1) is 5.92 Å². The molecule has 0 bridgehead atoms. The van der Waals surface area contributed by atoms with E-state index in [2.05, 4.69) is 24.5 Å². The Balaban J connectivity index is 1.86. The van der Waals surface area contributed by atoms with E-state index in [1.54, 1.807) is 0 Å². The number of hydrogen-bond acceptors (Lipinski definition) is 3. The Morgan fingerprint density at radius 3 is 2.60 bits per heavy atom. The van der Waals surface area contributed by atoms with Gasteiger partial charge in [-0.3, -0.25) is 0 Å². The Morgan fingerprint density at radius 2 is 1.90 bits per heavy atom. The highest BCUT2D eigenvalue weighted by Crippen LogP contribution is 2.30. The van der Waals surface area contributed by atoms with Crippen molar-refractivity contribution in [1.29, 1.82) is 0 Å². The molecular weight excluding hydrogens is 256 g/mol. The normalized spacial score (nSPS) is 14.8. The van der Waals surface area contributed by atoms with Gasteiger partial charge in [0.2, 0.25) is 0 Å². The van der Waals surface area contributed by atoms with Crippen molar-refractivity contribution in [3.63, 3.8) is 0 Å². The van der Waals surface area contributed by atoms with Crippen molar-refractivity contribution in [3.05, 3.63) is 23.8 Å². The summed E-state index contributed by atoms with van der Waals surface area (Å²) >= 11 is 0. The van der Waals surface area contributed by atoms with Gasteiger partial charge in [0.1, 0.15) is 13.2 Å². The topological polar surface area (TPSA) is 59.6 Å². The average molecular weight is 278 g/mol. The quantitative estimate of drug-likeness (QED) is 0.888. The van der Waals surface area contributed by atoms with Crippen LogP contribution in [0.5, 0.6) is 11.5 Å². The summed E-state index contributed by atoms with van der Waals surface area (Å²) in [7, 11) is 0. The smallest absolute Gasteiger partial charge is 0.315 e. The molecular formula is C15H22N2O3. The Kier molecular flexibility index (Phi) is 4.71. The SMILES string of the molecule is CC(C)C(C)NC(=O)NCc1ccc2c(c1)OCCO2. The van der Waals surface area contributed by atoms with E-state index in [0.29, 0.717) is 25.7 Å². The van der Waals surface area contributed by atoms with Gasteiger partial charge in [0, 0.05) is 12.6 Å². The van der Waals surface area contributed by atoms with E-state index in [1.807, 2.05) is 25.1 Å². The van der Waals surface area contributed by atoms with Crippen molar-refractivity contribution in [2.45, 2.75) is 33.4 Å². The maximum atomic E-state index is 11.7. The van der Waals surface area contributed by atoms with Crippen molar-refractivity contribution < 1.29 is 14.3 Å². The van der Waals surface area contributed by atoms with Crippen molar-refractivity contribution in [2.75, 3.05) is 13.2 Å². The van der Waals surface area contributed by atoms with Crippen LogP contribution in [0.4, 0.5) is 4.79 Å². The number of amides is 2. The van der Waals surface area contributed by atoms with Crippen LogP contribution in [0.2, 0.25) is 0 Å². The summed E-state index contributed by atoms with van der Waals surface area (Å²) in [5.41, 5.74) is 0.988. The van der Waals surface area contributed by atoms with Gasteiger partial charge >= 0.3 is 6.03 Å². The highest BCUT2D eigenvalue weighted by Gasteiger charge is 2.13. The third-order valence-electron chi connectivity index (χ3n) is 3.42. The molecule has 2 N–H and O–H groups in total. The van der Waals surface area contributed by atoms with E-state index in [4.69, 9.17) is 9.47 Å². The number of nitrogens with one attached hydrogen (secondary N) is 2. The molecule has 1 aliphatic heterocycles. The number of carbonyl (C=O) groups is 1. The minimum Gasteiger partial charge on any atom is -0.486 e. The van der Waals surface area contributed by atoms with Gasteiger partial charge in [-0.25, -0.2) is 4.79 Å². The molecule has 5 nitrogen and oxygen atoms in total. The summed E-state index contributed by atoms with van der Waals surface area (Å²) in [6, 6.07) is 5.71. The third kappa shape index (κ3) is 3.79. The molecule has 2 rings (SSSR count). The molecule has 1 aliphatic rings. The van der Waals surface area contributed by atoms with Crippen LogP contribution in [0.1, 0.15) is 26.3 Å². The number of urea groups is 1. The second kappa shape index (κ2) is 6.50. The molecule has 0 saturated carbocycles. The highest BCUT2D eigenvalue weighted by molar-refractivity contribution is 5.74. The fraction of sp³-hybridized carbons (Fsp3) is 0.533. The van der Waals surface area contributed by atoms with E-state index < -0.39 is 0 Å². The van der Waals surface area contributed by atoms with Crippen LogP contribution < -0.4 is 20.1 Å². The number of rotatable bonds is 4. The van der Waals surface area contributed by atoms with E-state index in [-0.39, 0.29) is 12.1 Å². The van der Waals surface area contributed by atoms with Gasteiger partial charge < -0.3 is 20.1 Å². The van der Waals surface area contributed by atoms with E-state index in [1.165, 1.54) is 0 Å². The monoisotopic (exact) mass is 278 g/mol. The maximum absolute atomic E-state index is 11.7. The second-order valence-corrected chi connectivity index (χ2v) is 5.34. The van der Waals surface area contributed by atoms with Crippen LogP contribution in [-0.2, 0) is 6.54 Å². The molecule has 2 amide bonds. The molecule has 1 atom stereocenters. The van der Waals surface area contributed by atoms with E-state index >= 15 is 0 Å². The number of fused-ring (bicyclic) bond motifs is 1. The largest absolute Gasteiger partial charge is 0.486 e. The number of hydrogen-bond donors (Lipinski definition) is 2. The molecule has 1 aromatic carbocycles. The Labute approximate surface area is 119 Å². The molecule has 0 fully saturated rings. The van der Waals surface area contributed by atoms with Crippen molar-refractivity contribution >= 4 is 6.03 Å². The van der Waals surface area contributed by atoms with Gasteiger partial charge in [0.05, 0.1) is 0 Å². The molecule has 0 aliphatic carbocycles. The number of ether oxygens (including phenoxy) is 2. The molecule has 5 heteroatoms. The maximum Gasteiger partial charge on any atom is 0.315 e. The van der Waals surface area contributed by atoms with Crippen LogP contribution in [-0.4, -0.2) is 25.3 Å². The van der Waals surface area contributed by atoms with E-state index in [9.17, 15) is 4.79 Å². The highest BCUT2D eigenvalue weighted by atomic mass is 16.6. The lowest BCUT2D eigenvalue weighted by Crippen LogP contribution is -2.42. The number of carbonyl (C=O) groups excluding carboxylic acids is 1. The lowest BCUT2D eigenvalue weighted by Gasteiger charge is -2.20. The lowest BCUT2D eigenvalue weighted by atomic mass is 10.1.